The van der Waals surface area contributed by atoms with Crippen LogP contribution in [-0.2, 0) is 0 Å². The Hall–Kier alpha value is -2.30. The highest BCUT2D eigenvalue weighted by Crippen LogP contribution is 2.21. The van der Waals surface area contributed by atoms with Crippen LogP contribution in [0.15, 0.2) is 41.1 Å². The minimum absolute atomic E-state index is 0.0473. The molecular weight excluding hydrogens is 278 g/mol. The summed E-state index contributed by atoms with van der Waals surface area (Å²) in [5.74, 6) is 0.528. The van der Waals surface area contributed by atoms with Gasteiger partial charge in [-0.1, -0.05) is 32.0 Å². The molecule has 116 valence electrons. The van der Waals surface area contributed by atoms with Crippen LogP contribution in [-0.4, -0.2) is 42.0 Å². The number of anilines is 1. The van der Waals surface area contributed by atoms with Gasteiger partial charge in [0.1, 0.15) is 0 Å². The molecule has 22 heavy (non-hydrogen) atoms. The Morgan fingerprint density at radius 3 is 2.45 bits per heavy atom. The van der Waals surface area contributed by atoms with E-state index < -0.39 is 0 Å². The number of carbonyl (C=O) groups is 1. The van der Waals surface area contributed by atoms with Crippen LogP contribution >= 0.6 is 0 Å². The summed E-state index contributed by atoms with van der Waals surface area (Å²) in [7, 11) is 0. The molecule has 0 saturated carbocycles. The van der Waals surface area contributed by atoms with Gasteiger partial charge in [0.05, 0.1) is 5.69 Å². The van der Waals surface area contributed by atoms with Gasteiger partial charge in [-0.3, -0.25) is 4.79 Å². The molecule has 1 amide bonds. The van der Waals surface area contributed by atoms with Crippen LogP contribution in [0.25, 0.3) is 0 Å². The molecule has 1 fully saturated rings. The quantitative estimate of drug-likeness (QED) is 0.874. The molecule has 5 nitrogen and oxygen atoms in total. The Bertz CT molecular complexity index is 628. The van der Waals surface area contributed by atoms with Gasteiger partial charge >= 0.3 is 0 Å². The maximum Gasteiger partial charge on any atom is 0.291 e. The van der Waals surface area contributed by atoms with Crippen molar-refractivity contribution in [2.75, 3.05) is 31.1 Å². The zero-order valence-electron chi connectivity index (χ0n) is 13.0. The van der Waals surface area contributed by atoms with Crippen molar-refractivity contribution >= 4 is 11.6 Å². The van der Waals surface area contributed by atoms with E-state index in [1.807, 2.05) is 36.9 Å². The zero-order chi connectivity index (χ0) is 15.5. The molecule has 1 aliphatic rings. The highest BCUT2D eigenvalue weighted by Gasteiger charge is 2.27. The molecule has 0 spiro atoms. The average Bonchev–Trinajstić information content (AvgIpc) is 3.05. The third-order valence-corrected chi connectivity index (χ3v) is 4.02. The number of nitrogens with zero attached hydrogens (tertiary/aromatic N) is 3. The molecule has 5 heteroatoms. The van der Waals surface area contributed by atoms with Gasteiger partial charge < -0.3 is 14.2 Å². The van der Waals surface area contributed by atoms with Gasteiger partial charge in [0.2, 0.25) is 5.76 Å². The molecule has 2 aromatic rings. The van der Waals surface area contributed by atoms with Crippen molar-refractivity contribution in [2.45, 2.75) is 19.8 Å². The smallest absolute Gasteiger partial charge is 0.291 e. The van der Waals surface area contributed by atoms with Crippen LogP contribution in [0, 0.1) is 0 Å². The standard InChI is InChI=1S/C17H21N3O2/c1-13(2)15-16(22-12-18-15)17(21)20-10-8-19(9-11-20)14-6-4-3-5-7-14/h3-7,12-13H,8-11H2,1-2H3. The molecule has 0 unspecified atom stereocenters. The maximum absolute atomic E-state index is 12.6. The third kappa shape index (κ3) is 2.84. The summed E-state index contributed by atoms with van der Waals surface area (Å²) < 4.78 is 5.34. The number of hydrogen-bond donors (Lipinski definition) is 0. The number of hydrogen-bond acceptors (Lipinski definition) is 4. The minimum atomic E-state index is -0.0473. The fourth-order valence-electron chi connectivity index (χ4n) is 2.78. The van der Waals surface area contributed by atoms with Crippen molar-refractivity contribution < 1.29 is 9.21 Å². The summed E-state index contributed by atoms with van der Waals surface area (Å²) >= 11 is 0. The van der Waals surface area contributed by atoms with Gasteiger partial charge in [0.25, 0.3) is 5.91 Å². The topological polar surface area (TPSA) is 49.6 Å². The Labute approximate surface area is 130 Å². The Morgan fingerprint density at radius 1 is 1.14 bits per heavy atom. The predicted octanol–water partition coefficient (Wildman–Crippen LogP) is 2.76. The van der Waals surface area contributed by atoms with Crippen LogP contribution in [0.1, 0.15) is 36.0 Å². The molecule has 1 saturated heterocycles. The molecule has 1 aliphatic heterocycles. The van der Waals surface area contributed by atoms with Gasteiger partial charge in [-0.05, 0) is 18.1 Å². The summed E-state index contributed by atoms with van der Waals surface area (Å²) in [6, 6.07) is 10.3. The van der Waals surface area contributed by atoms with Crippen LogP contribution < -0.4 is 4.90 Å². The van der Waals surface area contributed by atoms with Crippen LogP contribution in [0.3, 0.4) is 0 Å². The first kappa shape index (κ1) is 14.6. The number of aromatic nitrogens is 1. The van der Waals surface area contributed by atoms with Crippen LogP contribution in [0.4, 0.5) is 5.69 Å². The second kappa shape index (κ2) is 6.22. The second-order valence-corrected chi connectivity index (χ2v) is 5.84. The summed E-state index contributed by atoms with van der Waals surface area (Å²) in [5.41, 5.74) is 1.95. The van der Waals surface area contributed by atoms with E-state index in [1.165, 1.54) is 12.1 Å². The van der Waals surface area contributed by atoms with Crippen LogP contribution in [0.5, 0.6) is 0 Å². The van der Waals surface area contributed by atoms with Crippen molar-refractivity contribution in [3.8, 4) is 0 Å². The van der Waals surface area contributed by atoms with Crippen molar-refractivity contribution in [1.29, 1.82) is 0 Å². The molecule has 0 atom stereocenters. The van der Waals surface area contributed by atoms with E-state index >= 15 is 0 Å². The number of piperazine rings is 1. The number of rotatable bonds is 3. The number of para-hydroxylation sites is 1. The first-order valence-electron chi connectivity index (χ1n) is 7.69. The molecule has 1 aromatic carbocycles. The van der Waals surface area contributed by atoms with Crippen molar-refractivity contribution in [3.05, 3.63) is 48.2 Å². The second-order valence-electron chi connectivity index (χ2n) is 5.84. The maximum atomic E-state index is 12.6. The van der Waals surface area contributed by atoms with E-state index in [4.69, 9.17) is 4.42 Å². The summed E-state index contributed by atoms with van der Waals surface area (Å²) in [6.07, 6.45) is 1.36. The number of oxazole rings is 1. The molecule has 3 rings (SSSR count). The Balaban J connectivity index is 1.66. The Kier molecular flexibility index (Phi) is 4.13. The van der Waals surface area contributed by atoms with Crippen molar-refractivity contribution in [1.82, 2.24) is 9.88 Å². The molecule has 0 radical (unpaired) electrons. The molecule has 0 aliphatic carbocycles. The Morgan fingerprint density at radius 2 is 1.82 bits per heavy atom. The van der Waals surface area contributed by atoms with E-state index in [-0.39, 0.29) is 11.8 Å². The van der Waals surface area contributed by atoms with Gasteiger partial charge in [-0.15, -0.1) is 0 Å². The average molecular weight is 299 g/mol. The van der Waals surface area contributed by atoms with Crippen LogP contribution in [0.2, 0.25) is 0 Å². The molecule has 0 N–H and O–H groups in total. The predicted molar refractivity (Wildman–Crippen MR) is 85.2 cm³/mol. The van der Waals surface area contributed by atoms with E-state index in [9.17, 15) is 4.79 Å². The normalized spacial score (nSPS) is 15.4. The highest BCUT2D eigenvalue weighted by molar-refractivity contribution is 5.92. The van der Waals surface area contributed by atoms with Gasteiger partial charge in [0, 0.05) is 31.9 Å². The SMILES string of the molecule is CC(C)c1ncoc1C(=O)N1CCN(c2ccccc2)CC1. The number of carbonyl (C=O) groups excluding carboxylic acids is 1. The van der Waals surface area contributed by atoms with Crippen molar-refractivity contribution in [2.24, 2.45) is 0 Å². The minimum Gasteiger partial charge on any atom is -0.438 e. The molecule has 0 bridgehead atoms. The summed E-state index contributed by atoms with van der Waals surface area (Å²) in [4.78, 5) is 20.9. The van der Waals surface area contributed by atoms with Crippen molar-refractivity contribution in [3.63, 3.8) is 0 Å². The monoisotopic (exact) mass is 299 g/mol. The lowest BCUT2D eigenvalue weighted by Crippen LogP contribution is -2.48. The number of benzene rings is 1. The lowest BCUT2D eigenvalue weighted by Gasteiger charge is -2.35. The highest BCUT2D eigenvalue weighted by atomic mass is 16.3. The lowest BCUT2D eigenvalue weighted by atomic mass is 10.1. The fraction of sp³-hybridized carbons (Fsp3) is 0.412. The zero-order valence-corrected chi connectivity index (χ0v) is 13.0. The first-order valence-corrected chi connectivity index (χ1v) is 7.69. The molecule has 2 heterocycles. The van der Waals surface area contributed by atoms with Gasteiger partial charge in [-0.2, -0.15) is 0 Å². The van der Waals surface area contributed by atoms with Gasteiger partial charge in [0.15, 0.2) is 6.39 Å². The third-order valence-electron chi connectivity index (χ3n) is 4.02. The largest absolute Gasteiger partial charge is 0.438 e. The summed E-state index contributed by atoms with van der Waals surface area (Å²) in [6.45, 7) is 7.10. The fourth-order valence-corrected chi connectivity index (χ4v) is 2.78. The number of amides is 1. The molecular formula is C17H21N3O2. The van der Waals surface area contributed by atoms with E-state index in [2.05, 4.69) is 22.0 Å². The van der Waals surface area contributed by atoms with E-state index in [1.54, 1.807) is 0 Å². The van der Waals surface area contributed by atoms with E-state index in [0.717, 1.165) is 18.8 Å². The van der Waals surface area contributed by atoms with Gasteiger partial charge in [-0.25, -0.2) is 4.98 Å². The van der Waals surface area contributed by atoms with E-state index in [0.29, 0.717) is 18.8 Å². The summed E-state index contributed by atoms with van der Waals surface area (Å²) in [5, 5.41) is 0. The lowest BCUT2D eigenvalue weighted by molar-refractivity contribution is 0.0712. The first-order chi connectivity index (χ1) is 10.7. The molecule has 1 aromatic heterocycles.